The summed E-state index contributed by atoms with van der Waals surface area (Å²) in [5.41, 5.74) is 1.69. The Hall–Kier alpha value is -2.61. The zero-order valence-electron chi connectivity index (χ0n) is 14.8. The molecule has 138 valence electrons. The van der Waals surface area contributed by atoms with E-state index < -0.39 is 5.97 Å². The molecule has 0 aliphatic carbocycles. The number of rotatable bonds is 6. The first kappa shape index (κ1) is 16.8. The lowest BCUT2D eigenvalue weighted by Crippen LogP contribution is -2.24. The Morgan fingerprint density at radius 1 is 1.19 bits per heavy atom. The summed E-state index contributed by atoms with van der Waals surface area (Å²) < 4.78 is 17.8. The minimum Gasteiger partial charge on any atom is -0.461 e. The fraction of sp³-hybridized carbons (Fsp3) is 0.500. The molecule has 4 rings (SSSR count). The predicted molar refractivity (Wildman–Crippen MR) is 93.2 cm³/mol. The van der Waals surface area contributed by atoms with Gasteiger partial charge in [-0.3, -0.25) is 0 Å². The maximum atomic E-state index is 12.3. The molecular formula is C18H22N4O4. The van der Waals surface area contributed by atoms with Gasteiger partial charge in [-0.2, -0.15) is 0 Å². The number of hydrogen-bond acceptors (Lipinski definition) is 7. The lowest BCUT2D eigenvalue weighted by atomic mass is 10.1. The van der Waals surface area contributed by atoms with Crippen LogP contribution in [0.2, 0.25) is 0 Å². The molecule has 0 atom stereocenters. The number of carbonyl (C=O) groups is 1. The summed E-state index contributed by atoms with van der Waals surface area (Å²) in [7, 11) is 0. The molecule has 2 aliphatic heterocycles. The first-order valence-corrected chi connectivity index (χ1v) is 8.99. The predicted octanol–water partition coefficient (Wildman–Crippen LogP) is 1.95. The van der Waals surface area contributed by atoms with Crippen molar-refractivity contribution in [2.75, 3.05) is 33.0 Å². The summed E-state index contributed by atoms with van der Waals surface area (Å²) in [6.07, 6.45) is 2.47. The van der Waals surface area contributed by atoms with E-state index in [0.717, 1.165) is 25.2 Å². The van der Waals surface area contributed by atoms with Gasteiger partial charge in [0.05, 0.1) is 13.2 Å². The highest BCUT2D eigenvalue weighted by Gasteiger charge is 2.25. The number of likely N-dealkylation sites (tertiary alicyclic amines) is 1. The molecule has 0 bridgehead atoms. The van der Waals surface area contributed by atoms with Gasteiger partial charge in [0, 0.05) is 12.1 Å². The Labute approximate surface area is 151 Å². The molecule has 0 N–H and O–H groups in total. The van der Waals surface area contributed by atoms with Gasteiger partial charge < -0.3 is 19.1 Å². The van der Waals surface area contributed by atoms with Crippen LogP contribution >= 0.6 is 0 Å². The Kier molecular flexibility index (Phi) is 4.75. The van der Waals surface area contributed by atoms with Crippen LogP contribution in [0.25, 0.3) is 11.3 Å². The van der Waals surface area contributed by atoms with Gasteiger partial charge in [-0.15, -0.1) is 5.10 Å². The summed E-state index contributed by atoms with van der Waals surface area (Å²) in [5, 5.41) is 8.32. The Balaban J connectivity index is 1.66. The van der Waals surface area contributed by atoms with Crippen molar-refractivity contribution in [1.29, 1.82) is 0 Å². The molecule has 0 amide bonds. The summed E-state index contributed by atoms with van der Waals surface area (Å²) in [5.74, 6) is 0.889. The van der Waals surface area contributed by atoms with Crippen LogP contribution in [0.1, 0.15) is 30.3 Å². The van der Waals surface area contributed by atoms with Gasteiger partial charge in [-0.05, 0) is 51.1 Å². The molecule has 0 spiro atoms. The zero-order valence-corrected chi connectivity index (χ0v) is 14.8. The number of carbonyl (C=O) groups excluding carboxylic acids is 1. The molecule has 2 aromatic rings. The molecule has 0 saturated carbocycles. The molecule has 8 heteroatoms. The Bertz CT molecular complexity index is 798. The van der Waals surface area contributed by atoms with Crippen molar-refractivity contribution in [2.24, 2.45) is 0 Å². The van der Waals surface area contributed by atoms with E-state index in [2.05, 4.69) is 15.2 Å². The van der Waals surface area contributed by atoms with Gasteiger partial charge >= 0.3 is 5.97 Å². The SMILES string of the molecule is CCOC(=O)c1nnn(CCN2CCCC2)c1-c1ccc2c(c1)OCO2. The van der Waals surface area contributed by atoms with Crippen molar-refractivity contribution in [3.8, 4) is 22.8 Å². The van der Waals surface area contributed by atoms with Crippen LogP contribution in [0.4, 0.5) is 0 Å². The molecule has 26 heavy (non-hydrogen) atoms. The number of ether oxygens (including phenoxy) is 3. The molecule has 0 radical (unpaired) electrons. The number of fused-ring (bicyclic) bond motifs is 1. The van der Waals surface area contributed by atoms with E-state index in [-0.39, 0.29) is 12.5 Å². The largest absolute Gasteiger partial charge is 0.461 e. The van der Waals surface area contributed by atoms with E-state index in [0.29, 0.717) is 30.3 Å². The van der Waals surface area contributed by atoms with Crippen molar-refractivity contribution < 1.29 is 19.0 Å². The maximum absolute atomic E-state index is 12.3. The van der Waals surface area contributed by atoms with Crippen molar-refractivity contribution in [3.63, 3.8) is 0 Å². The smallest absolute Gasteiger partial charge is 0.361 e. The van der Waals surface area contributed by atoms with E-state index in [9.17, 15) is 4.79 Å². The quantitative estimate of drug-likeness (QED) is 0.730. The average Bonchev–Trinajstić information content (AvgIpc) is 3.38. The van der Waals surface area contributed by atoms with Crippen LogP contribution in [-0.4, -0.2) is 58.9 Å². The van der Waals surface area contributed by atoms with Crippen molar-refractivity contribution in [3.05, 3.63) is 23.9 Å². The minimum atomic E-state index is -0.465. The third-order valence-corrected chi connectivity index (χ3v) is 4.68. The van der Waals surface area contributed by atoms with Crippen molar-refractivity contribution in [1.82, 2.24) is 19.9 Å². The molecule has 8 nitrogen and oxygen atoms in total. The van der Waals surface area contributed by atoms with Gasteiger partial charge in [-0.25, -0.2) is 9.48 Å². The normalized spacial score (nSPS) is 16.2. The third kappa shape index (κ3) is 3.24. The minimum absolute atomic E-state index is 0.204. The molecule has 1 aromatic heterocycles. The Morgan fingerprint density at radius 2 is 2.00 bits per heavy atom. The fourth-order valence-corrected chi connectivity index (χ4v) is 3.38. The molecule has 1 saturated heterocycles. The standard InChI is InChI=1S/C18H22N4O4/c1-2-24-18(23)16-17(13-5-6-14-15(11-13)26-12-25-14)22(20-19-16)10-9-21-7-3-4-8-21/h5-6,11H,2-4,7-10,12H2,1H3. The van der Waals surface area contributed by atoms with Gasteiger partial charge in [-0.1, -0.05) is 5.21 Å². The summed E-state index contributed by atoms with van der Waals surface area (Å²) in [6, 6.07) is 5.59. The number of hydrogen-bond donors (Lipinski definition) is 0. The first-order valence-electron chi connectivity index (χ1n) is 8.99. The molecule has 3 heterocycles. The number of esters is 1. The van der Waals surface area contributed by atoms with E-state index in [1.165, 1.54) is 12.8 Å². The molecular weight excluding hydrogens is 336 g/mol. The summed E-state index contributed by atoms with van der Waals surface area (Å²) in [6.45, 7) is 6.03. The van der Waals surface area contributed by atoms with Gasteiger partial charge in [0.25, 0.3) is 0 Å². The van der Waals surface area contributed by atoms with Gasteiger partial charge in [0.2, 0.25) is 6.79 Å². The second-order valence-electron chi connectivity index (χ2n) is 6.35. The van der Waals surface area contributed by atoms with Crippen LogP contribution in [0.3, 0.4) is 0 Å². The molecule has 2 aliphatic rings. The maximum Gasteiger partial charge on any atom is 0.361 e. The summed E-state index contributed by atoms with van der Waals surface area (Å²) >= 11 is 0. The molecule has 0 unspecified atom stereocenters. The van der Waals surface area contributed by atoms with Crippen LogP contribution in [0.15, 0.2) is 18.2 Å². The lowest BCUT2D eigenvalue weighted by Gasteiger charge is -2.15. The van der Waals surface area contributed by atoms with Crippen LogP contribution in [0, 0.1) is 0 Å². The van der Waals surface area contributed by atoms with Crippen LogP contribution < -0.4 is 9.47 Å². The van der Waals surface area contributed by atoms with E-state index in [1.807, 2.05) is 18.2 Å². The van der Waals surface area contributed by atoms with Crippen LogP contribution in [-0.2, 0) is 11.3 Å². The Morgan fingerprint density at radius 3 is 2.81 bits per heavy atom. The zero-order chi connectivity index (χ0) is 17.9. The molecule has 1 fully saturated rings. The highest BCUT2D eigenvalue weighted by Crippen LogP contribution is 2.36. The second-order valence-corrected chi connectivity index (χ2v) is 6.35. The van der Waals surface area contributed by atoms with Crippen molar-refractivity contribution in [2.45, 2.75) is 26.3 Å². The van der Waals surface area contributed by atoms with E-state index >= 15 is 0 Å². The number of nitrogens with zero attached hydrogens (tertiary/aromatic N) is 4. The monoisotopic (exact) mass is 358 g/mol. The van der Waals surface area contributed by atoms with Crippen LogP contribution in [0.5, 0.6) is 11.5 Å². The number of benzene rings is 1. The van der Waals surface area contributed by atoms with E-state index in [4.69, 9.17) is 14.2 Å². The first-order chi connectivity index (χ1) is 12.8. The van der Waals surface area contributed by atoms with Gasteiger partial charge in [0.1, 0.15) is 5.69 Å². The van der Waals surface area contributed by atoms with E-state index in [1.54, 1.807) is 11.6 Å². The fourth-order valence-electron chi connectivity index (χ4n) is 3.38. The highest BCUT2D eigenvalue weighted by molar-refractivity contribution is 5.94. The summed E-state index contributed by atoms with van der Waals surface area (Å²) in [4.78, 5) is 14.7. The highest BCUT2D eigenvalue weighted by atomic mass is 16.7. The average molecular weight is 358 g/mol. The molecule has 1 aromatic carbocycles. The van der Waals surface area contributed by atoms with Crippen molar-refractivity contribution >= 4 is 5.97 Å². The third-order valence-electron chi connectivity index (χ3n) is 4.68. The number of aromatic nitrogens is 3. The second kappa shape index (κ2) is 7.33. The lowest BCUT2D eigenvalue weighted by molar-refractivity contribution is 0.0520. The van der Waals surface area contributed by atoms with Gasteiger partial charge in [0.15, 0.2) is 17.2 Å². The topological polar surface area (TPSA) is 78.7 Å².